The van der Waals surface area contributed by atoms with E-state index in [0.717, 1.165) is 52.1 Å². The van der Waals surface area contributed by atoms with E-state index >= 15 is 0 Å². The van der Waals surface area contributed by atoms with Crippen LogP contribution < -0.4 is 4.74 Å². The second kappa shape index (κ2) is 8.89. The van der Waals surface area contributed by atoms with Crippen molar-refractivity contribution in [3.05, 3.63) is 72.5 Å². The van der Waals surface area contributed by atoms with Gasteiger partial charge in [-0.15, -0.1) is 3.82 Å². The average Bonchev–Trinajstić information content (AvgIpc) is 2.72. The van der Waals surface area contributed by atoms with Crippen LogP contribution >= 0.6 is 11.8 Å². The van der Waals surface area contributed by atoms with E-state index in [1.54, 1.807) is 0 Å². The molecule has 0 atom stereocenters. The van der Waals surface area contributed by atoms with Crippen LogP contribution in [-0.2, 0) is 10.0 Å². The highest BCUT2D eigenvalue weighted by molar-refractivity contribution is 7.90. The van der Waals surface area contributed by atoms with E-state index < -0.39 is 15.8 Å². The van der Waals surface area contributed by atoms with E-state index in [4.69, 9.17) is 16.5 Å². The summed E-state index contributed by atoms with van der Waals surface area (Å²) in [7, 11) is -3.83. The van der Waals surface area contributed by atoms with Crippen molar-refractivity contribution >= 4 is 32.6 Å². The van der Waals surface area contributed by atoms with Crippen LogP contribution in [-0.4, -0.2) is 49.9 Å². The van der Waals surface area contributed by atoms with E-state index in [-0.39, 0.29) is 17.4 Å². The standard InChI is InChI=1S/C22H22ClFN2O3S/c23-26(30(27,28)20-10-8-19(24)9-11-20)16-17-14-25(15-17)12-13-29-22-7-3-5-18-4-1-2-6-21(18)22/h1-11,17H,12-16H2. The van der Waals surface area contributed by atoms with Gasteiger partial charge in [-0.25, -0.2) is 12.8 Å². The van der Waals surface area contributed by atoms with E-state index in [9.17, 15) is 12.8 Å². The molecule has 5 nitrogen and oxygen atoms in total. The molecule has 3 aromatic rings. The highest BCUT2D eigenvalue weighted by Crippen LogP contribution is 2.26. The molecule has 4 rings (SSSR count). The van der Waals surface area contributed by atoms with Crippen molar-refractivity contribution in [1.82, 2.24) is 8.72 Å². The van der Waals surface area contributed by atoms with Crippen molar-refractivity contribution < 1.29 is 17.5 Å². The number of hydrogen-bond donors (Lipinski definition) is 0. The van der Waals surface area contributed by atoms with Gasteiger partial charge in [-0.2, -0.15) is 0 Å². The van der Waals surface area contributed by atoms with Gasteiger partial charge in [0.25, 0.3) is 10.0 Å². The number of hydrogen-bond acceptors (Lipinski definition) is 4. The predicted octanol–water partition coefficient (Wildman–Crippen LogP) is 4.13. The molecule has 1 heterocycles. The Bertz CT molecular complexity index is 1110. The van der Waals surface area contributed by atoms with Crippen molar-refractivity contribution in [2.24, 2.45) is 5.92 Å². The molecule has 158 valence electrons. The molecule has 1 saturated heterocycles. The maximum Gasteiger partial charge on any atom is 0.256 e. The van der Waals surface area contributed by atoms with Crippen molar-refractivity contribution in [2.75, 3.05) is 32.8 Å². The normalized spacial score (nSPS) is 15.4. The number of halogens is 2. The van der Waals surface area contributed by atoms with Crippen molar-refractivity contribution in [1.29, 1.82) is 0 Å². The minimum atomic E-state index is -3.83. The molecule has 0 unspecified atom stereocenters. The van der Waals surface area contributed by atoms with Gasteiger partial charge < -0.3 is 4.74 Å². The number of fused-ring (bicyclic) bond motifs is 1. The molecule has 0 spiro atoms. The van der Waals surface area contributed by atoms with Gasteiger partial charge in [0, 0.05) is 31.6 Å². The van der Waals surface area contributed by atoms with Crippen LogP contribution in [0.1, 0.15) is 0 Å². The van der Waals surface area contributed by atoms with Crippen molar-refractivity contribution in [3.8, 4) is 5.75 Å². The van der Waals surface area contributed by atoms with Crippen LogP contribution in [0.5, 0.6) is 5.75 Å². The lowest BCUT2D eigenvalue weighted by molar-refractivity contribution is 0.0789. The Labute approximate surface area is 180 Å². The third kappa shape index (κ3) is 4.59. The number of rotatable bonds is 8. The lowest BCUT2D eigenvalue weighted by atomic mass is 10.0. The van der Waals surface area contributed by atoms with Crippen LogP contribution in [0.2, 0.25) is 0 Å². The fourth-order valence-electron chi connectivity index (χ4n) is 3.60. The lowest BCUT2D eigenvalue weighted by Gasteiger charge is -2.40. The number of likely N-dealkylation sites (tertiary alicyclic amines) is 1. The van der Waals surface area contributed by atoms with Crippen molar-refractivity contribution in [3.63, 3.8) is 0 Å². The molecule has 8 heteroatoms. The average molecular weight is 449 g/mol. The predicted molar refractivity (Wildman–Crippen MR) is 116 cm³/mol. The molecule has 0 amide bonds. The zero-order valence-corrected chi connectivity index (χ0v) is 17.8. The van der Waals surface area contributed by atoms with Crippen LogP contribution in [0.15, 0.2) is 71.6 Å². The summed E-state index contributed by atoms with van der Waals surface area (Å²) in [6, 6.07) is 18.8. The van der Waals surface area contributed by atoms with Gasteiger partial charge >= 0.3 is 0 Å². The first-order chi connectivity index (χ1) is 14.4. The van der Waals surface area contributed by atoms with Crippen LogP contribution in [0.3, 0.4) is 0 Å². The molecule has 1 fully saturated rings. The lowest BCUT2D eigenvalue weighted by Crippen LogP contribution is -2.51. The molecule has 0 N–H and O–H groups in total. The Morgan fingerprint density at radius 3 is 2.50 bits per heavy atom. The smallest absolute Gasteiger partial charge is 0.256 e. The third-order valence-electron chi connectivity index (χ3n) is 5.22. The molecule has 1 aliphatic heterocycles. The van der Waals surface area contributed by atoms with Crippen LogP contribution in [0, 0.1) is 11.7 Å². The summed E-state index contributed by atoms with van der Waals surface area (Å²) in [5, 5.41) is 2.23. The molecule has 0 saturated carbocycles. The summed E-state index contributed by atoms with van der Waals surface area (Å²) >= 11 is 6.05. The first-order valence-electron chi connectivity index (χ1n) is 9.70. The first kappa shape index (κ1) is 21.1. The Kier molecular flexibility index (Phi) is 6.24. The number of sulfonamides is 1. The third-order valence-corrected chi connectivity index (χ3v) is 7.44. The van der Waals surface area contributed by atoms with Gasteiger partial charge in [0.05, 0.1) is 4.90 Å². The maximum atomic E-state index is 13.0. The summed E-state index contributed by atoms with van der Waals surface area (Å²) in [6.07, 6.45) is 0. The van der Waals surface area contributed by atoms with Gasteiger partial charge in [-0.05, 0) is 53.4 Å². The Morgan fingerprint density at radius 1 is 1.03 bits per heavy atom. The van der Waals surface area contributed by atoms with Gasteiger partial charge in [-0.1, -0.05) is 36.4 Å². The molecule has 3 aromatic carbocycles. The monoisotopic (exact) mass is 448 g/mol. The fourth-order valence-corrected chi connectivity index (χ4v) is 5.15. The quantitative estimate of drug-likeness (QED) is 0.486. The number of nitrogens with zero attached hydrogens (tertiary/aromatic N) is 2. The molecule has 30 heavy (non-hydrogen) atoms. The second-order valence-corrected chi connectivity index (χ2v) is 9.85. The van der Waals surface area contributed by atoms with Gasteiger partial charge in [0.1, 0.15) is 18.2 Å². The molecule has 0 aromatic heterocycles. The van der Waals surface area contributed by atoms with Crippen LogP contribution in [0.4, 0.5) is 4.39 Å². The highest BCUT2D eigenvalue weighted by atomic mass is 35.5. The Balaban J connectivity index is 1.24. The molecule has 0 radical (unpaired) electrons. The fraction of sp³-hybridized carbons (Fsp3) is 0.273. The molecule has 1 aliphatic rings. The Morgan fingerprint density at radius 2 is 1.73 bits per heavy atom. The first-order valence-corrected chi connectivity index (χ1v) is 11.5. The molecular formula is C22H22ClFN2O3S. The zero-order valence-electron chi connectivity index (χ0n) is 16.2. The summed E-state index contributed by atoms with van der Waals surface area (Å²) in [4.78, 5) is 2.18. The molecule has 0 aliphatic carbocycles. The van der Waals surface area contributed by atoms with E-state index in [0.29, 0.717) is 6.61 Å². The SMILES string of the molecule is O=S(=O)(c1ccc(F)cc1)N(Cl)CC1CN(CCOc2cccc3ccccc23)C1. The molecule has 0 bridgehead atoms. The van der Waals surface area contributed by atoms with Gasteiger partial charge in [0.2, 0.25) is 0 Å². The number of benzene rings is 3. The second-order valence-electron chi connectivity index (χ2n) is 7.38. The number of ether oxygens (including phenoxy) is 1. The Hall–Kier alpha value is -2.19. The van der Waals surface area contributed by atoms with E-state index in [2.05, 4.69) is 17.0 Å². The summed E-state index contributed by atoms with van der Waals surface area (Å²) < 4.78 is 44.8. The largest absolute Gasteiger partial charge is 0.492 e. The zero-order chi connectivity index (χ0) is 21.1. The minimum absolute atomic E-state index is 0.0152. The van der Waals surface area contributed by atoms with Gasteiger partial charge in [0.15, 0.2) is 0 Å². The van der Waals surface area contributed by atoms with Crippen molar-refractivity contribution in [2.45, 2.75) is 4.90 Å². The topological polar surface area (TPSA) is 49.9 Å². The van der Waals surface area contributed by atoms with Gasteiger partial charge in [-0.3, -0.25) is 4.90 Å². The van der Waals surface area contributed by atoms with E-state index in [1.807, 2.05) is 30.3 Å². The van der Waals surface area contributed by atoms with E-state index in [1.165, 1.54) is 12.1 Å². The molecular weight excluding hydrogens is 427 g/mol. The highest BCUT2D eigenvalue weighted by Gasteiger charge is 2.32. The summed E-state index contributed by atoms with van der Waals surface area (Å²) in [5.74, 6) is 0.521. The summed E-state index contributed by atoms with van der Waals surface area (Å²) in [6.45, 7) is 3.02. The summed E-state index contributed by atoms with van der Waals surface area (Å²) in [5.41, 5.74) is 0. The maximum absolute atomic E-state index is 13.0. The minimum Gasteiger partial charge on any atom is -0.492 e. The van der Waals surface area contributed by atoms with Crippen LogP contribution in [0.25, 0.3) is 10.8 Å².